The second-order valence-corrected chi connectivity index (χ2v) is 6.97. The minimum absolute atomic E-state index is 0.296. The number of hydrogen-bond acceptors (Lipinski definition) is 6. The maximum atomic E-state index is 6.02. The molecule has 118 valence electrons. The molecule has 1 aliphatic carbocycles. The first-order valence-corrected chi connectivity index (χ1v) is 9.23. The molecule has 1 N–H and O–H groups in total. The average molecular weight is 311 g/mol. The molecular formula is C15H25N3O2S. The molecule has 2 unspecified atom stereocenters. The van der Waals surface area contributed by atoms with Gasteiger partial charge >= 0.3 is 0 Å². The lowest BCUT2D eigenvalue weighted by Crippen LogP contribution is -2.34. The molecular weight excluding hydrogens is 286 g/mol. The van der Waals surface area contributed by atoms with Crippen LogP contribution < -0.4 is 5.32 Å². The number of ether oxygens (including phenoxy) is 1. The van der Waals surface area contributed by atoms with Gasteiger partial charge in [0, 0.05) is 24.2 Å². The summed E-state index contributed by atoms with van der Waals surface area (Å²) in [5, 5.41) is 7.81. The number of nitrogens with one attached hydrogen (secondary N) is 1. The van der Waals surface area contributed by atoms with Crippen molar-refractivity contribution in [2.24, 2.45) is 0 Å². The van der Waals surface area contributed by atoms with Gasteiger partial charge in [-0.05, 0) is 39.2 Å². The van der Waals surface area contributed by atoms with Crippen LogP contribution in [0.3, 0.4) is 0 Å². The highest BCUT2D eigenvalue weighted by Gasteiger charge is 2.42. The van der Waals surface area contributed by atoms with E-state index in [1.165, 1.54) is 12.8 Å². The quantitative estimate of drug-likeness (QED) is 0.871. The van der Waals surface area contributed by atoms with Gasteiger partial charge in [-0.1, -0.05) is 12.1 Å². The Balaban J connectivity index is 1.79. The van der Waals surface area contributed by atoms with E-state index in [1.807, 2.05) is 18.7 Å². The van der Waals surface area contributed by atoms with Crippen LogP contribution in [-0.4, -0.2) is 40.8 Å². The van der Waals surface area contributed by atoms with Gasteiger partial charge in [-0.15, -0.1) is 0 Å². The second-order valence-electron chi connectivity index (χ2n) is 5.90. The Kier molecular flexibility index (Phi) is 4.86. The van der Waals surface area contributed by atoms with E-state index in [0.717, 1.165) is 42.6 Å². The highest BCUT2D eigenvalue weighted by Crippen LogP contribution is 2.41. The smallest absolute Gasteiger partial charge is 0.232 e. The number of nitrogens with zero attached hydrogens (tertiary/aromatic N) is 2. The summed E-state index contributed by atoms with van der Waals surface area (Å²) in [6.45, 7) is 5.85. The van der Waals surface area contributed by atoms with Crippen LogP contribution in [0.25, 0.3) is 0 Å². The van der Waals surface area contributed by atoms with E-state index in [0.29, 0.717) is 18.6 Å². The van der Waals surface area contributed by atoms with E-state index in [9.17, 15) is 0 Å². The molecule has 2 heterocycles. The molecule has 0 aromatic carbocycles. The predicted octanol–water partition coefficient (Wildman–Crippen LogP) is 2.68. The molecule has 2 aliphatic rings. The molecule has 1 aromatic rings. The molecule has 2 fully saturated rings. The van der Waals surface area contributed by atoms with Crippen molar-refractivity contribution in [1.82, 2.24) is 15.5 Å². The number of likely N-dealkylation sites (N-methyl/N-ethyl adjacent to an activating group) is 1. The highest BCUT2D eigenvalue weighted by atomic mass is 32.2. The molecule has 0 radical (unpaired) electrons. The van der Waals surface area contributed by atoms with E-state index in [2.05, 4.69) is 17.4 Å². The molecule has 2 atom stereocenters. The molecule has 1 aliphatic heterocycles. The Hall–Kier alpha value is -0.590. The summed E-state index contributed by atoms with van der Waals surface area (Å²) in [5.41, 5.74) is -0.296. The van der Waals surface area contributed by atoms with Crippen LogP contribution in [0, 0.1) is 0 Å². The van der Waals surface area contributed by atoms with Crippen LogP contribution in [0.2, 0.25) is 0 Å². The van der Waals surface area contributed by atoms with Crippen LogP contribution in [0.5, 0.6) is 0 Å². The van der Waals surface area contributed by atoms with E-state index in [1.54, 1.807) is 0 Å². The standard InChI is InChI=1S/C15H25N3O2S/c1-3-16-12-10-21-9-11(12)13-17-14(18-20-13)15(19-4-2)7-5-6-8-15/h11-12,16H,3-10H2,1-2H3. The third-order valence-electron chi connectivity index (χ3n) is 4.55. The first-order chi connectivity index (χ1) is 10.3. The summed E-state index contributed by atoms with van der Waals surface area (Å²) in [6.07, 6.45) is 4.39. The maximum absolute atomic E-state index is 6.02. The fourth-order valence-electron chi connectivity index (χ4n) is 3.49. The van der Waals surface area contributed by atoms with Crippen LogP contribution >= 0.6 is 11.8 Å². The van der Waals surface area contributed by atoms with Crippen molar-refractivity contribution in [3.8, 4) is 0 Å². The van der Waals surface area contributed by atoms with Gasteiger partial charge in [0.05, 0.1) is 5.92 Å². The summed E-state index contributed by atoms with van der Waals surface area (Å²) >= 11 is 1.95. The zero-order valence-corrected chi connectivity index (χ0v) is 13.7. The van der Waals surface area contributed by atoms with Gasteiger partial charge in [-0.25, -0.2) is 0 Å². The van der Waals surface area contributed by atoms with Gasteiger partial charge in [-0.3, -0.25) is 0 Å². The number of rotatable bonds is 6. The van der Waals surface area contributed by atoms with Crippen molar-refractivity contribution < 1.29 is 9.26 Å². The first kappa shape index (κ1) is 15.3. The lowest BCUT2D eigenvalue weighted by molar-refractivity contribution is -0.0469. The van der Waals surface area contributed by atoms with Gasteiger partial charge in [0.25, 0.3) is 0 Å². The van der Waals surface area contributed by atoms with Gasteiger partial charge in [0.15, 0.2) is 0 Å². The lowest BCUT2D eigenvalue weighted by atomic mass is 10.0. The molecule has 1 aromatic heterocycles. The maximum Gasteiger partial charge on any atom is 0.232 e. The normalized spacial score (nSPS) is 28.3. The predicted molar refractivity (Wildman–Crippen MR) is 83.6 cm³/mol. The largest absolute Gasteiger partial charge is 0.367 e. The summed E-state index contributed by atoms with van der Waals surface area (Å²) in [4.78, 5) is 4.74. The zero-order chi connectivity index (χ0) is 14.7. The molecule has 0 amide bonds. The van der Waals surface area contributed by atoms with E-state index >= 15 is 0 Å². The van der Waals surface area contributed by atoms with Crippen molar-refractivity contribution in [2.45, 2.75) is 57.1 Å². The Bertz CT molecular complexity index is 460. The third-order valence-corrected chi connectivity index (χ3v) is 5.73. The van der Waals surface area contributed by atoms with Crippen molar-refractivity contribution in [2.75, 3.05) is 24.7 Å². The first-order valence-electron chi connectivity index (χ1n) is 8.08. The molecule has 1 saturated heterocycles. The minimum Gasteiger partial charge on any atom is -0.367 e. The van der Waals surface area contributed by atoms with E-state index < -0.39 is 0 Å². The van der Waals surface area contributed by atoms with Gasteiger partial charge < -0.3 is 14.6 Å². The lowest BCUT2D eigenvalue weighted by Gasteiger charge is -2.24. The summed E-state index contributed by atoms with van der Waals surface area (Å²) in [7, 11) is 0. The van der Waals surface area contributed by atoms with Gasteiger partial charge in [-0.2, -0.15) is 16.7 Å². The van der Waals surface area contributed by atoms with Crippen molar-refractivity contribution in [3.63, 3.8) is 0 Å². The van der Waals surface area contributed by atoms with Gasteiger partial charge in [0.2, 0.25) is 11.7 Å². The summed E-state index contributed by atoms with van der Waals surface area (Å²) in [5.74, 6) is 4.06. The zero-order valence-electron chi connectivity index (χ0n) is 12.9. The topological polar surface area (TPSA) is 60.2 Å². The minimum atomic E-state index is -0.296. The van der Waals surface area contributed by atoms with Crippen LogP contribution in [0.4, 0.5) is 0 Å². The van der Waals surface area contributed by atoms with Gasteiger partial charge in [0.1, 0.15) is 5.60 Å². The Morgan fingerprint density at radius 2 is 2.14 bits per heavy atom. The second kappa shape index (κ2) is 6.67. The molecule has 0 bridgehead atoms. The fourth-order valence-corrected chi connectivity index (χ4v) is 4.86. The van der Waals surface area contributed by atoms with Crippen LogP contribution in [0.1, 0.15) is 57.2 Å². The Morgan fingerprint density at radius 3 is 2.86 bits per heavy atom. The van der Waals surface area contributed by atoms with E-state index in [4.69, 9.17) is 14.2 Å². The molecule has 5 nitrogen and oxygen atoms in total. The molecule has 0 spiro atoms. The summed E-state index contributed by atoms with van der Waals surface area (Å²) in [6, 6.07) is 0.444. The Labute approximate surface area is 130 Å². The monoisotopic (exact) mass is 311 g/mol. The molecule has 6 heteroatoms. The molecule has 3 rings (SSSR count). The van der Waals surface area contributed by atoms with Crippen molar-refractivity contribution in [1.29, 1.82) is 0 Å². The highest BCUT2D eigenvalue weighted by molar-refractivity contribution is 7.99. The summed E-state index contributed by atoms with van der Waals surface area (Å²) < 4.78 is 11.6. The molecule has 21 heavy (non-hydrogen) atoms. The average Bonchev–Trinajstić information content (AvgIpc) is 3.18. The SMILES string of the molecule is CCNC1CSCC1c1nc(C2(OCC)CCCC2)no1. The number of aromatic nitrogens is 2. The third kappa shape index (κ3) is 2.98. The van der Waals surface area contributed by atoms with Crippen molar-refractivity contribution in [3.05, 3.63) is 11.7 Å². The fraction of sp³-hybridized carbons (Fsp3) is 0.867. The Morgan fingerprint density at radius 1 is 1.33 bits per heavy atom. The number of thioether (sulfide) groups is 1. The molecule has 1 saturated carbocycles. The van der Waals surface area contributed by atoms with Crippen molar-refractivity contribution >= 4 is 11.8 Å². The van der Waals surface area contributed by atoms with Crippen LogP contribution in [0.15, 0.2) is 4.52 Å². The van der Waals surface area contributed by atoms with Crippen LogP contribution in [-0.2, 0) is 10.3 Å². The number of hydrogen-bond donors (Lipinski definition) is 1. The van der Waals surface area contributed by atoms with E-state index in [-0.39, 0.29) is 5.60 Å².